The van der Waals surface area contributed by atoms with Crippen LogP contribution < -0.4 is 4.90 Å². The minimum absolute atomic E-state index is 0.203. The SMILES string of the molecule is COC(=O)c1nc(N2CCOC(C)C2)sc1C. The van der Waals surface area contributed by atoms with Crippen molar-refractivity contribution < 1.29 is 14.3 Å². The summed E-state index contributed by atoms with van der Waals surface area (Å²) in [6.45, 7) is 6.25. The van der Waals surface area contributed by atoms with Crippen molar-refractivity contribution in [2.45, 2.75) is 20.0 Å². The fourth-order valence-corrected chi connectivity index (χ4v) is 2.73. The van der Waals surface area contributed by atoms with Crippen LogP contribution in [0.15, 0.2) is 0 Å². The van der Waals surface area contributed by atoms with E-state index in [0.717, 1.165) is 23.1 Å². The minimum Gasteiger partial charge on any atom is -0.464 e. The Labute approximate surface area is 104 Å². The Morgan fingerprint density at radius 2 is 2.41 bits per heavy atom. The fraction of sp³-hybridized carbons (Fsp3) is 0.636. The molecule has 0 N–H and O–H groups in total. The van der Waals surface area contributed by atoms with Crippen molar-refractivity contribution >= 4 is 22.4 Å². The fourth-order valence-electron chi connectivity index (χ4n) is 1.80. The molecule has 0 aliphatic carbocycles. The zero-order chi connectivity index (χ0) is 12.4. The normalized spacial score (nSPS) is 20.4. The zero-order valence-corrected chi connectivity index (χ0v) is 11.0. The highest BCUT2D eigenvalue weighted by molar-refractivity contribution is 7.15. The number of hydrogen-bond donors (Lipinski definition) is 0. The average Bonchev–Trinajstić information content (AvgIpc) is 2.70. The lowest BCUT2D eigenvalue weighted by Gasteiger charge is -2.30. The highest BCUT2D eigenvalue weighted by Crippen LogP contribution is 2.27. The molecule has 0 aromatic carbocycles. The molecule has 0 amide bonds. The first-order valence-electron chi connectivity index (χ1n) is 5.54. The minimum atomic E-state index is -0.369. The van der Waals surface area contributed by atoms with Crippen molar-refractivity contribution in [3.8, 4) is 0 Å². The van der Waals surface area contributed by atoms with Gasteiger partial charge in [-0.05, 0) is 13.8 Å². The third-order valence-corrected chi connectivity index (χ3v) is 3.71. The number of rotatable bonds is 2. The quantitative estimate of drug-likeness (QED) is 0.750. The molecule has 2 rings (SSSR count). The number of esters is 1. The van der Waals surface area contributed by atoms with Gasteiger partial charge in [-0.3, -0.25) is 0 Å². The number of methoxy groups -OCH3 is 1. The average molecular weight is 256 g/mol. The summed E-state index contributed by atoms with van der Waals surface area (Å²) in [6, 6.07) is 0. The van der Waals surface area contributed by atoms with Gasteiger partial charge in [-0.2, -0.15) is 0 Å². The molecule has 1 aliphatic heterocycles. The molecule has 0 saturated carbocycles. The highest BCUT2D eigenvalue weighted by atomic mass is 32.1. The summed E-state index contributed by atoms with van der Waals surface area (Å²) < 4.78 is 10.2. The van der Waals surface area contributed by atoms with E-state index >= 15 is 0 Å². The molecule has 1 fully saturated rings. The molecule has 1 unspecified atom stereocenters. The summed E-state index contributed by atoms with van der Waals surface area (Å²) in [5.41, 5.74) is 0.423. The molecular weight excluding hydrogens is 240 g/mol. The number of carbonyl (C=O) groups excluding carboxylic acids is 1. The Morgan fingerprint density at radius 3 is 3.06 bits per heavy atom. The third-order valence-electron chi connectivity index (χ3n) is 2.68. The van der Waals surface area contributed by atoms with Crippen LogP contribution in [0.4, 0.5) is 5.13 Å². The van der Waals surface area contributed by atoms with E-state index in [0.29, 0.717) is 12.3 Å². The Balaban J connectivity index is 2.19. The number of aryl methyl sites for hydroxylation is 1. The summed E-state index contributed by atoms with van der Waals surface area (Å²) in [6.07, 6.45) is 0.203. The molecule has 5 nitrogen and oxygen atoms in total. The smallest absolute Gasteiger partial charge is 0.357 e. The van der Waals surface area contributed by atoms with E-state index in [1.165, 1.54) is 18.4 Å². The first kappa shape index (κ1) is 12.3. The van der Waals surface area contributed by atoms with Crippen molar-refractivity contribution in [2.24, 2.45) is 0 Å². The van der Waals surface area contributed by atoms with E-state index in [-0.39, 0.29) is 12.1 Å². The van der Waals surface area contributed by atoms with E-state index in [1.54, 1.807) is 0 Å². The van der Waals surface area contributed by atoms with Crippen molar-refractivity contribution in [3.63, 3.8) is 0 Å². The van der Waals surface area contributed by atoms with E-state index in [1.807, 2.05) is 13.8 Å². The lowest BCUT2D eigenvalue weighted by atomic mass is 10.3. The lowest BCUT2D eigenvalue weighted by Crippen LogP contribution is -2.41. The van der Waals surface area contributed by atoms with Gasteiger partial charge < -0.3 is 14.4 Å². The maximum atomic E-state index is 11.5. The van der Waals surface area contributed by atoms with E-state index in [4.69, 9.17) is 9.47 Å². The number of thiazole rings is 1. The Hall–Kier alpha value is -1.14. The lowest BCUT2D eigenvalue weighted by molar-refractivity contribution is 0.0531. The molecule has 0 radical (unpaired) electrons. The van der Waals surface area contributed by atoms with Crippen molar-refractivity contribution in [3.05, 3.63) is 10.6 Å². The molecule has 1 aliphatic rings. The van der Waals surface area contributed by atoms with Gasteiger partial charge in [0.05, 0.1) is 19.8 Å². The molecule has 6 heteroatoms. The second-order valence-electron chi connectivity index (χ2n) is 4.02. The second-order valence-corrected chi connectivity index (χ2v) is 5.20. The van der Waals surface area contributed by atoms with Crippen LogP contribution in [0.3, 0.4) is 0 Å². The van der Waals surface area contributed by atoms with Gasteiger partial charge in [-0.1, -0.05) is 0 Å². The predicted octanol–water partition coefficient (Wildman–Crippen LogP) is 1.46. The highest BCUT2D eigenvalue weighted by Gasteiger charge is 2.23. The van der Waals surface area contributed by atoms with Gasteiger partial charge >= 0.3 is 5.97 Å². The number of nitrogens with zero attached hydrogens (tertiary/aromatic N) is 2. The topological polar surface area (TPSA) is 51.7 Å². The summed E-state index contributed by atoms with van der Waals surface area (Å²) in [4.78, 5) is 18.9. The van der Waals surface area contributed by atoms with Gasteiger partial charge in [-0.25, -0.2) is 9.78 Å². The number of carbonyl (C=O) groups is 1. The molecular formula is C11H16N2O3S. The first-order valence-corrected chi connectivity index (χ1v) is 6.35. The van der Waals surface area contributed by atoms with E-state index in [9.17, 15) is 4.79 Å². The van der Waals surface area contributed by atoms with Crippen LogP contribution in [0.1, 0.15) is 22.3 Å². The van der Waals surface area contributed by atoms with Gasteiger partial charge in [0.2, 0.25) is 0 Å². The molecule has 17 heavy (non-hydrogen) atoms. The van der Waals surface area contributed by atoms with Crippen LogP contribution in [0.25, 0.3) is 0 Å². The number of ether oxygens (including phenoxy) is 2. The van der Waals surface area contributed by atoms with Crippen LogP contribution in [-0.2, 0) is 9.47 Å². The second kappa shape index (κ2) is 5.01. The number of morpholine rings is 1. The van der Waals surface area contributed by atoms with Gasteiger partial charge in [0.1, 0.15) is 0 Å². The van der Waals surface area contributed by atoms with Gasteiger partial charge in [0, 0.05) is 18.0 Å². The molecule has 2 heterocycles. The van der Waals surface area contributed by atoms with Gasteiger partial charge in [-0.15, -0.1) is 11.3 Å². The van der Waals surface area contributed by atoms with Crippen LogP contribution in [0.2, 0.25) is 0 Å². The van der Waals surface area contributed by atoms with E-state index < -0.39 is 0 Å². The summed E-state index contributed by atoms with van der Waals surface area (Å²) in [7, 11) is 1.37. The molecule has 94 valence electrons. The molecule has 0 bridgehead atoms. The van der Waals surface area contributed by atoms with Crippen molar-refractivity contribution in [2.75, 3.05) is 31.7 Å². The zero-order valence-electron chi connectivity index (χ0n) is 10.2. The van der Waals surface area contributed by atoms with Crippen LogP contribution in [0.5, 0.6) is 0 Å². The largest absolute Gasteiger partial charge is 0.464 e. The Bertz CT molecular complexity index is 419. The third kappa shape index (κ3) is 2.58. The molecule has 1 aromatic heterocycles. The maximum absolute atomic E-state index is 11.5. The molecule has 0 spiro atoms. The first-order chi connectivity index (χ1) is 8.11. The summed E-state index contributed by atoms with van der Waals surface area (Å²) in [5, 5.41) is 0.873. The van der Waals surface area contributed by atoms with E-state index in [2.05, 4.69) is 9.88 Å². The van der Waals surface area contributed by atoms with Crippen molar-refractivity contribution in [1.82, 2.24) is 4.98 Å². The maximum Gasteiger partial charge on any atom is 0.357 e. The number of hydrogen-bond acceptors (Lipinski definition) is 6. The van der Waals surface area contributed by atoms with Gasteiger partial charge in [0.15, 0.2) is 10.8 Å². The standard InChI is InChI=1S/C11H16N2O3S/c1-7-6-13(4-5-16-7)11-12-9(8(2)17-11)10(14)15-3/h7H,4-6H2,1-3H3. The Morgan fingerprint density at radius 1 is 1.65 bits per heavy atom. The van der Waals surface area contributed by atoms with Crippen LogP contribution in [0, 0.1) is 6.92 Å². The van der Waals surface area contributed by atoms with Crippen LogP contribution >= 0.6 is 11.3 Å². The monoisotopic (exact) mass is 256 g/mol. The molecule has 1 atom stereocenters. The van der Waals surface area contributed by atoms with Crippen molar-refractivity contribution in [1.29, 1.82) is 0 Å². The molecule has 1 saturated heterocycles. The summed E-state index contributed by atoms with van der Waals surface area (Å²) in [5.74, 6) is -0.369. The molecule has 1 aromatic rings. The van der Waals surface area contributed by atoms with Gasteiger partial charge in [0.25, 0.3) is 0 Å². The number of anilines is 1. The van der Waals surface area contributed by atoms with Crippen LogP contribution in [-0.4, -0.2) is 43.9 Å². The summed E-state index contributed by atoms with van der Waals surface area (Å²) >= 11 is 1.53. The predicted molar refractivity (Wildman–Crippen MR) is 65.8 cm³/mol. The Kier molecular flexibility index (Phi) is 3.63. The number of aromatic nitrogens is 1.